The minimum absolute atomic E-state index is 0.248. The number of hydrogen-bond donors (Lipinski definition) is 1. The van der Waals surface area contributed by atoms with Crippen LogP contribution in [0.1, 0.15) is 22.8 Å². The number of amides is 2. The van der Waals surface area contributed by atoms with Crippen LogP contribution >= 0.6 is 0 Å². The van der Waals surface area contributed by atoms with Gasteiger partial charge in [-0.05, 0) is 55.3 Å². The van der Waals surface area contributed by atoms with Gasteiger partial charge in [0.25, 0.3) is 11.8 Å². The van der Waals surface area contributed by atoms with Gasteiger partial charge in [-0.15, -0.1) is 0 Å². The predicted octanol–water partition coefficient (Wildman–Crippen LogP) is 2.46. The number of carbonyl (C=O) groups is 3. The van der Waals surface area contributed by atoms with Crippen LogP contribution in [-0.2, 0) is 20.7 Å². The molecule has 0 unspecified atom stereocenters. The van der Waals surface area contributed by atoms with Gasteiger partial charge in [0.2, 0.25) is 0 Å². The zero-order chi connectivity index (χ0) is 20.8. The van der Waals surface area contributed by atoms with Crippen molar-refractivity contribution in [3.05, 3.63) is 71.4 Å². The number of rotatable bonds is 8. The van der Waals surface area contributed by atoms with Crippen LogP contribution in [0.25, 0.3) is 0 Å². The third-order valence-corrected chi connectivity index (χ3v) is 4.45. The summed E-state index contributed by atoms with van der Waals surface area (Å²) in [7, 11) is 1.61. The molecule has 0 aliphatic carbocycles. The zero-order valence-electron chi connectivity index (χ0n) is 16.3. The second kappa shape index (κ2) is 9.05. The van der Waals surface area contributed by atoms with Crippen molar-refractivity contribution >= 4 is 23.5 Å². The fourth-order valence-electron chi connectivity index (χ4n) is 2.94. The number of anilines is 1. The first-order valence-electron chi connectivity index (χ1n) is 9.27. The summed E-state index contributed by atoms with van der Waals surface area (Å²) in [6.07, 6.45) is 1.98. The monoisotopic (exact) mass is 394 g/mol. The topological polar surface area (TPSA) is 84.9 Å². The van der Waals surface area contributed by atoms with E-state index in [1.54, 1.807) is 26.2 Å². The molecule has 0 radical (unpaired) electrons. The molecule has 0 bridgehead atoms. The number of hydrogen-bond acceptors (Lipinski definition) is 6. The largest absolute Gasteiger partial charge is 0.497 e. The highest BCUT2D eigenvalue weighted by Gasteiger charge is 2.32. The summed E-state index contributed by atoms with van der Waals surface area (Å²) >= 11 is 0. The van der Waals surface area contributed by atoms with E-state index >= 15 is 0 Å². The van der Waals surface area contributed by atoms with Gasteiger partial charge in [0.15, 0.2) is 0 Å². The highest BCUT2D eigenvalue weighted by Crippen LogP contribution is 2.22. The quantitative estimate of drug-likeness (QED) is 0.547. The van der Waals surface area contributed by atoms with Gasteiger partial charge < -0.3 is 14.8 Å². The predicted molar refractivity (Wildman–Crippen MR) is 108 cm³/mol. The second-order valence-corrected chi connectivity index (χ2v) is 6.33. The van der Waals surface area contributed by atoms with Crippen molar-refractivity contribution in [2.24, 2.45) is 0 Å². The smallest absolute Gasteiger partial charge is 0.338 e. The Morgan fingerprint density at radius 2 is 1.72 bits per heavy atom. The third-order valence-electron chi connectivity index (χ3n) is 4.45. The molecule has 1 N–H and O–H groups in total. The number of ether oxygens (including phenoxy) is 2. The molecule has 2 amide bonds. The number of imide groups is 1. The standard InChI is InChI=1S/C22H22N2O5/c1-3-29-22(27)16-6-8-17(9-7-16)24-20(25)14-19(21(24)26)23-13-12-15-4-10-18(28-2)11-5-15/h4-11,14,23H,3,12-13H2,1-2H3. The lowest BCUT2D eigenvalue weighted by molar-refractivity contribution is -0.120. The Labute approximate surface area is 168 Å². The van der Waals surface area contributed by atoms with Crippen LogP contribution in [0, 0.1) is 0 Å². The van der Waals surface area contributed by atoms with Crippen molar-refractivity contribution in [3.63, 3.8) is 0 Å². The van der Waals surface area contributed by atoms with Crippen LogP contribution in [0.5, 0.6) is 5.75 Å². The van der Waals surface area contributed by atoms with Crippen LogP contribution in [0.15, 0.2) is 60.3 Å². The summed E-state index contributed by atoms with van der Waals surface area (Å²) in [5.74, 6) is -0.512. The molecule has 0 spiro atoms. The van der Waals surface area contributed by atoms with E-state index in [0.717, 1.165) is 16.2 Å². The molecule has 1 aliphatic rings. The lowest BCUT2D eigenvalue weighted by Crippen LogP contribution is -2.33. The molecule has 150 valence electrons. The average Bonchev–Trinajstić information content (AvgIpc) is 3.02. The SMILES string of the molecule is CCOC(=O)c1ccc(N2C(=O)C=C(NCCc3ccc(OC)cc3)C2=O)cc1. The van der Waals surface area contributed by atoms with Gasteiger partial charge in [0.05, 0.1) is 25.0 Å². The minimum Gasteiger partial charge on any atom is -0.497 e. The molecule has 2 aromatic carbocycles. The van der Waals surface area contributed by atoms with Crippen molar-refractivity contribution in [2.75, 3.05) is 25.2 Å². The molecule has 1 aliphatic heterocycles. The maximum atomic E-state index is 12.6. The van der Waals surface area contributed by atoms with E-state index < -0.39 is 17.8 Å². The normalized spacial score (nSPS) is 13.3. The van der Waals surface area contributed by atoms with Gasteiger partial charge in [0, 0.05) is 12.6 Å². The van der Waals surface area contributed by atoms with Crippen molar-refractivity contribution < 1.29 is 23.9 Å². The minimum atomic E-state index is -0.447. The lowest BCUT2D eigenvalue weighted by atomic mass is 10.1. The van der Waals surface area contributed by atoms with Crippen LogP contribution in [0.3, 0.4) is 0 Å². The second-order valence-electron chi connectivity index (χ2n) is 6.33. The summed E-state index contributed by atoms with van der Waals surface area (Å²) in [6, 6.07) is 13.8. The van der Waals surface area contributed by atoms with Gasteiger partial charge >= 0.3 is 5.97 Å². The van der Waals surface area contributed by atoms with E-state index in [1.807, 2.05) is 24.3 Å². The molecular formula is C22H22N2O5. The van der Waals surface area contributed by atoms with Crippen LogP contribution in [0.4, 0.5) is 5.69 Å². The third kappa shape index (κ3) is 4.63. The van der Waals surface area contributed by atoms with Crippen LogP contribution in [-0.4, -0.2) is 38.0 Å². The summed E-state index contributed by atoms with van der Waals surface area (Å²) < 4.78 is 10.1. The lowest BCUT2D eigenvalue weighted by Gasteiger charge is -2.15. The van der Waals surface area contributed by atoms with Crippen LogP contribution < -0.4 is 15.0 Å². The molecule has 7 nitrogen and oxygen atoms in total. The number of carbonyl (C=O) groups excluding carboxylic acids is 3. The van der Waals surface area contributed by atoms with E-state index in [9.17, 15) is 14.4 Å². The summed E-state index contributed by atoms with van der Waals surface area (Å²) in [4.78, 5) is 37.7. The van der Waals surface area contributed by atoms with E-state index in [0.29, 0.717) is 24.2 Å². The van der Waals surface area contributed by atoms with Gasteiger partial charge in [-0.3, -0.25) is 9.59 Å². The van der Waals surface area contributed by atoms with Gasteiger partial charge in [-0.2, -0.15) is 0 Å². The van der Waals surface area contributed by atoms with Crippen molar-refractivity contribution in [2.45, 2.75) is 13.3 Å². The van der Waals surface area contributed by atoms with E-state index in [1.165, 1.54) is 18.2 Å². The molecular weight excluding hydrogens is 372 g/mol. The maximum Gasteiger partial charge on any atom is 0.338 e. The summed E-state index contributed by atoms with van der Waals surface area (Å²) in [5.41, 5.74) is 2.09. The Kier molecular flexibility index (Phi) is 6.29. The molecule has 0 aromatic heterocycles. The molecule has 0 saturated heterocycles. The number of methoxy groups -OCH3 is 1. The maximum absolute atomic E-state index is 12.6. The summed E-state index contributed by atoms with van der Waals surface area (Å²) in [5, 5.41) is 3.03. The van der Waals surface area contributed by atoms with E-state index in [2.05, 4.69) is 5.32 Å². The molecule has 2 aromatic rings. The number of nitrogens with one attached hydrogen (secondary N) is 1. The van der Waals surface area contributed by atoms with Crippen molar-refractivity contribution in [3.8, 4) is 5.75 Å². The molecule has 0 fully saturated rings. The molecule has 1 heterocycles. The van der Waals surface area contributed by atoms with Crippen LogP contribution in [0.2, 0.25) is 0 Å². The summed E-state index contributed by atoms with van der Waals surface area (Å²) in [6.45, 7) is 2.51. The van der Waals surface area contributed by atoms with Gasteiger partial charge in [-0.25, -0.2) is 9.69 Å². The fraction of sp³-hybridized carbons (Fsp3) is 0.227. The Balaban J connectivity index is 1.59. The molecule has 0 atom stereocenters. The molecule has 0 saturated carbocycles. The average molecular weight is 394 g/mol. The van der Waals surface area contributed by atoms with Gasteiger partial charge in [0.1, 0.15) is 11.4 Å². The van der Waals surface area contributed by atoms with E-state index in [-0.39, 0.29) is 12.3 Å². The Morgan fingerprint density at radius 1 is 1.03 bits per heavy atom. The van der Waals surface area contributed by atoms with Crippen molar-refractivity contribution in [1.29, 1.82) is 0 Å². The van der Waals surface area contributed by atoms with E-state index in [4.69, 9.17) is 9.47 Å². The van der Waals surface area contributed by atoms with Gasteiger partial charge in [-0.1, -0.05) is 12.1 Å². The number of esters is 1. The zero-order valence-corrected chi connectivity index (χ0v) is 16.3. The Bertz CT molecular complexity index is 933. The first-order chi connectivity index (χ1) is 14.0. The fourth-order valence-corrected chi connectivity index (χ4v) is 2.94. The van der Waals surface area contributed by atoms with Crippen molar-refractivity contribution in [1.82, 2.24) is 5.32 Å². The molecule has 3 rings (SSSR count). The molecule has 7 heteroatoms. The number of nitrogens with zero attached hydrogens (tertiary/aromatic N) is 1. The highest BCUT2D eigenvalue weighted by molar-refractivity contribution is 6.30. The molecule has 29 heavy (non-hydrogen) atoms. The first-order valence-corrected chi connectivity index (χ1v) is 9.27. The first kappa shape index (κ1) is 20.1. The Morgan fingerprint density at radius 3 is 2.34 bits per heavy atom. The highest BCUT2D eigenvalue weighted by atomic mass is 16.5. The Hall–Kier alpha value is -3.61. The number of benzene rings is 2.